The maximum absolute atomic E-state index is 11.1. The van der Waals surface area contributed by atoms with Crippen molar-refractivity contribution in [2.75, 3.05) is 32.7 Å². The Balaban J connectivity index is 2.89. The van der Waals surface area contributed by atoms with Crippen molar-refractivity contribution < 1.29 is 24.3 Å². The molecule has 0 aliphatic heterocycles. The van der Waals surface area contributed by atoms with Gasteiger partial charge >= 0.3 is 5.97 Å². The number of nitro benzene ring substituents is 1. The molecule has 1 rings (SSSR count). The van der Waals surface area contributed by atoms with E-state index in [2.05, 4.69) is 5.32 Å². The Morgan fingerprint density at radius 2 is 2.20 bits per heavy atom. The molecule has 20 heavy (non-hydrogen) atoms. The van der Waals surface area contributed by atoms with Gasteiger partial charge in [0.2, 0.25) is 0 Å². The van der Waals surface area contributed by atoms with E-state index in [9.17, 15) is 14.9 Å². The summed E-state index contributed by atoms with van der Waals surface area (Å²) in [5, 5.41) is 22.6. The van der Waals surface area contributed by atoms with Crippen LogP contribution in [0.4, 0.5) is 11.4 Å². The highest BCUT2D eigenvalue weighted by Crippen LogP contribution is 2.22. The van der Waals surface area contributed by atoms with E-state index in [-0.39, 0.29) is 17.4 Å². The van der Waals surface area contributed by atoms with Gasteiger partial charge in [0.1, 0.15) is 0 Å². The number of nitro groups is 1. The molecule has 0 spiro atoms. The van der Waals surface area contributed by atoms with Crippen molar-refractivity contribution >= 4 is 17.3 Å². The van der Waals surface area contributed by atoms with E-state index in [1.807, 2.05) is 0 Å². The van der Waals surface area contributed by atoms with Crippen molar-refractivity contribution in [3.8, 4) is 0 Å². The maximum atomic E-state index is 11.1. The summed E-state index contributed by atoms with van der Waals surface area (Å²) < 4.78 is 10.1. The Labute approximate surface area is 115 Å². The van der Waals surface area contributed by atoms with Gasteiger partial charge in [-0.25, -0.2) is 4.79 Å². The van der Waals surface area contributed by atoms with Gasteiger partial charge in [0.05, 0.1) is 23.2 Å². The Bertz CT molecular complexity index is 491. The lowest BCUT2D eigenvalue weighted by Gasteiger charge is -2.16. The van der Waals surface area contributed by atoms with Crippen LogP contribution < -0.4 is 5.32 Å². The van der Waals surface area contributed by atoms with E-state index < -0.39 is 10.9 Å². The standard InChI is InChI=1S/C12H16N2O6/c1-19-7-9(20-2)6-13-11-4-3-8(14(17)18)5-10(11)12(15)16/h3-5,9,13H,6-7H2,1-2H3,(H,15,16). The Morgan fingerprint density at radius 3 is 2.70 bits per heavy atom. The second kappa shape index (κ2) is 7.41. The summed E-state index contributed by atoms with van der Waals surface area (Å²) in [5.74, 6) is -1.24. The fourth-order valence-corrected chi connectivity index (χ4v) is 1.60. The Kier molecular flexibility index (Phi) is 5.88. The van der Waals surface area contributed by atoms with Gasteiger partial charge in [-0.15, -0.1) is 0 Å². The SMILES string of the molecule is COCC(CNc1ccc([N+](=O)[O-])cc1C(=O)O)OC. The molecule has 1 aromatic carbocycles. The van der Waals surface area contributed by atoms with Crippen LogP contribution in [0.25, 0.3) is 0 Å². The molecule has 0 aliphatic carbocycles. The summed E-state index contributed by atoms with van der Waals surface area (Å²) in [4.78, 5) is 21.1. The molecule has 0 radical (unpaired) electrons. The molecule has 0 amide bonds. The minimum atomic E-state index is -1.24. The quantitative estimate of drug-likeness (QED) is 0.547. The number of non-ortho nitro benzene ring substituents is 1. The Hall–Kier alpha value is -2.19. The zero-order valence-corrected chi connectivity index (χ0v) is 11.2. The van der Waals surface area contributed by atoms with Crippen molar-refractivity contribution in [2.24, 2.45) is 0 Å². The first-order chi connectivity index (χ1) is 9.49. The zero-order valence-electron chi connectivity index (χ0n) is 11.2. The van der Waals surface area contributed by atoms with Gasteiger partial charge in [-0.2, -0.15) is 0 Å². The molecule has 2 N–H and O–H groups in total. The molecule has 8 heteroatoms. The first-order valence-corrected chi connectivity index (χ1v) is 5.77. The van der Waals surface area contributed by atoms with Crippen LogP contribution in [0.2, 0.25) is 0 Å². The van der Waals surface area contributed by atoms with Crippen molar-refractivity contribution in [1.29, 1.82) is 0 Å². The number of carbonyl (C=O) groups is 1. The topological polar surface area (TPSA) is 111 Å². The van der Waals surface area contributed by atoms with Gasteiger partial charge in [-0.1, -0.05) is 0 Å². The van der Waals surface area contributed by atoms with Crippen LogP contribution >= 0.6 is 0 Å². The summed E-state index contributed by atoms with van der Waals surface area (Å²) >= 11 is 0. The van der Waals surface area contributed by atoms with Gasteiger partial charge in [0.15, 0.2) is 0 Å². The molecule has 0 saturated heterocycles. The van der Waals surface area contributed by atoms with Crippen LogP contribution in [0.15, 0.2) is 18.2 Å². The molecule has 0 aromatic heterocycles. The number of carboxylic acid groups (broad SMARTS) is 1. The molecular formula is C12H16N2O6. The molecule has 110 valence electrons. The maximum Gasteiger partial charge on any atom is 0.338 e. The second-order valence-corrected chi connectivity index (χ2v) is 3.99. The van der Waals surface area contributed by atoms with Crippen molar-refractivity contribution in [3.63, 3.8) is 0 Å². The number of carboxylic acids is 1. The lowest BCUT2D eigenvalue weighted by atomic mass is 10.1. The highest BCUT2D eigenvalue weighted by Gasteiger charge is 2.17. The molecule has 8 nitrogen and oxygen atoms in total. The lowest BCUT2D eigenvalue weighted by Crippen LogP contribution is -2.27. The van der Waals surface area contributed by atoms with E-state index in [0.29, 0.717) is 18.8 Å². The number of hydrogen-bond acceptors (Lipinski definition) is 6. The number of hydrogen-bond donors (Lipinski definition) is 2. The minimum Gasteiger partial charge on any atom is -0.478 e. The third-order valence-electron chi connectivity index (χ3n) is 2.65. The number of anilines is 1. The number of nitrogens with zero attached hydrogens (tertiary/aromatic N) is 1. The highest BCUT2D eigenvalue weighted by atomic mass is 16.6. The average Bonchev–Trinajstić information content (AvgIpc) is 2.42. The number of aromatic carboxylic acids is 1. The molecule has 0 saturated carbocycles. The van der Waals surface area contributed by atoms with E-state index in [1.165, 1.54) is 26.4 Å². The molecule has 0 fully saturated rings. The number of methoxy groups -OCH3 is 2. The number of nitrogens with one attached hydrogen (secondary N) is 1. The summed E-state index contributed by atoms with van der Waals surface area (Å²) in [6.45, 7) is 0.668. The van der Waals surface area contributed by atoms with Gasteiger partial charge < -0.3 is 19.9 Å². The van der Waals surface area contributed by atoms with Crippen molar-refractivity contribution in [2.45, 2.75) is 6.10 Å². The fraction of sp³-hybridized carbons (Fsp3) is 0.417. The van der Waals surface area contributed by atoms with Crippen LogP contribution in [0.1, 0.15) is 10.4 Å². The number of benzene rings is 1. The number of ether oxygens (including phenoxy) is 2. The Morgan fingerprint density at radius 1 is 1.50 bits per heavy atom. The minimum absolute atomic E-state index is 0.161. The fourth-order valence-electron chi connectivity index (χ4n) is 1.60. The van der Waals surface area contributed by atoms with E-state index in [0.717, 1.165) is 6.07 Å². The van der Waals surface area contributed by atoms with Gasteiger partial charge in [0, 0.05) is 38.6 Å². The number of rotatable bonds is 8. The van der Waals surface area contributed by atoms with E-state index >= 15 is 0 Å². The molecule has 1 unspecified atom stereocenters. The van der Waals surface area contributed by atoms with E-state index in [1.54, 1.807) is 0 Å². The van der Waals surface area contributed by atoms with Crippen LogP contribution in [-0.2, 0) is 9.47 Å². The molecule has 0 aliphatic rings. The van der Waals surface area contributed by atoms with Crippen LogP contribution in [0.5, 0.6) is 0 Å². The van der Waals surface area contributed by atoms with Gasteiger partial charge in [-0.3, -0.25) is 10.1 Å². The predicted octanol–water partition coefficient (Wildman–Crippen LogP) is 1.37. The first kappa shape index (κ1) is 15.9. The zero-order chi connectivity index (χ0) is 15.1. The van der Waals surface area contributed by atoms with E-state index in [4.69, 9.17) is 14.6 Å². The van der Waals surface area contributed by atoms with Crippen LogP contribution in [-0.4, -0.2) is 49.5 Å². The molecule has 0 heterocycles. The molecule has 1 atom stereocenters. The lowest BCUT2D eigenvalue weighted by molar-refractivity contribution is -0.384. The smallest absolute Gasteiger partial charge is 0.338 e. The second-order valence-electron chi connectivity index (χ2n) is 3.99. The molecule has 1 aromatic rings. The van der Waals surface area contributed by atoms with Crippen molar-refractivity contribution in [1.82, 2.24) is 0 Å². The summed E-state index contributed by atoms with van der Waals surface area (Å²) in [7, 11) is 3.04. The predicted molar refractivity (Wildman–Crippen MR) is 71.2 cm³/mol. The first-order valence-electron chi connectivity index (χ1n) is 5.77. The van der Waals surface area contributed by atoms with Crippen molar-refractivity contribution in [3.05, 3.63) is 33.9 Å². The van der Waals surface area contributed by atoms with Crippen LogP contribution in [0.3, 0.4) is 0 Å². The monoisotopic (exact) mass is 284 g/mol. The largest absolute Gasteiger partial charge is 0.478 e. The summed E-state index contributed by atoms with van der Waals surface area (Å²) in [6.07, 6.45) is -0.253. The van der Waals surface area contributed by atoms with Gasteiger partial charge in [-0.05, 0) is 6.07 Å². The molecular weight excluding hydrogens is 268 g/mol. The average molecular weight is 284 g/mol. The van der Waals surface area contributed by atoms with Crippen LogP contribution in [0, 0.1) is 10.1 Å². The van der Waals surface area contributed by atoms with Gasteiger partial charge in [0.25, 0.3) is 5.69 Å². The summed E-state index contributed by atoms with van der Waals surface area (Å²) in [6, 6.07) is 3.62. The molecule has 0 bridgehead atoms. The highest BCUT2D eigenvalue weighted by molar-refractivity contribution is 5.95. The third-order valence-corrected chi connectivity index (χ3v) is 2.65. The third kappa shape index (κ3) is 4.18. The summed E-state index contributed by atoms with van der Waals surface area (Å²) in [5.41, 5.74) is -0.138. The normalized spacial score (nSPS) is 11.9.